The van der Waals surface area contributed by atoms with E-state index < -0.39 is 0 Å². The Labute approximate surface area is 106 Å². The predicted molar refractivity (Wildman–Crippen MR) is 72.1 cm³/mol. The minimum Gasteiger partial charge on any atom is -0.380 e. The summed E-state index contributed by atoms with van der Waals surface area (Å²) in [6.45, 7) is 9.46. The molecule has 4 heteroatoms. The van der Waals surface area contributed by atoms with Crippen molar-refractivity contribution in [3.8, 4) is 0 Å². The van der Waals surface area contributed by atoms with Crippen LogP contribution in [0.5, 0.6) is 0 Å². The highest BCUT2D eigenvalue weighted by Crippen LogP contribution is 2.29. The van der Waals surface area contributed by atoms with Crippen molar-refractivity contribution in [3.05, 3.63) is 0 Å². The molecule has 0 bridgehead atoms. The van der Waals surface area contributed by atoms with Gasteiger partial charge in [-0.25, -0.2) is 0 Å². The van der Waals surface area contributed by atoms with Gasteiger partial charge < -0.3 is 15.4 Å². The molecule has 0 aromatic carbocycles. The van der Waals surface area contributed by atoms with E-state index in [1.165, 1.54) is 0 Å². The third-order valence-corrected chi connectivity index (χ3v) is 4.60. The molecule has 1 heterocycles. The van der Waals surface area contributed by atoms with Gasteiger partial charge in [-0.05, 0) is 33.9 Å². The van der Waals surface area contributed by atoms with E-state index in [0.29, 0.717) is 18.5 Å². The SMILES string of the molecule is COC(C)C(C)(CN)N1CC(C)C(N(C)C)C1. The molecule has 0 amide bonds. The van der Waals surface area contributed by atoms with Crippen molar-refractivity contribution in [1.29, 1.82) is 0 Å². The Kier molecular flexibility index (Phi) is 4.95. The van der Waals surface area contributed by atoms with E-state index in [4.69, 9.17) is 10.5 Å². The number of likely N-dealkylation sites (tertiary alicyclic amines) is 1. The van der Waals surface area contributed by atoms with Crippen LogP contribution >= 0.6 is 0 Å². The quantitative estimate of drug-likeness (QED) is 0.769. The summed E-state index contributed by atoms with van der Waals surface area (Å²) in [4.78, 5) is 4.82. The molecule has 0 spiro atoms. The molecule has 4 atom stereocenters. The fourth-order valence-corrected chi connectivity index (χ4v) is 2.84. The molecule has 4 nitrogen and oxygen atoms in total. The molecule has 1 aliphatic rings. The first-order chi connectivity index (χ1) is 7.86. The van der Waals surface area contributed by atoms with E-state index in [0.717, 1.165) is 13.1 Å². The van der Waals surface area contributed by atoms with Gasteiger partial charge in [0.15, 0.2) is 0 Å². The summed E-state index contributed by atoms with van der Waals surface area (Å²) in [6, 6.07) is 0.616. The zero-order chi connectivity index (χ0) is 13.2. The first-order valence-electron chi connectivity index (χ1n) is 6.51. The van der Waals surface area contributed by atoms with Gasteiger partial charge in [0.2, 0.25) is 0 Å². The number of ether oxygens (including phenoxy) is 1. The van der Waals surface area contributed by atoms with E-state index in [9.17, 15) is 0 Å². The third kappa shape index (κ3) is 2.81. The number of likely N-dealkylation sites (N-methyl/N-ethyl adjacent to an activating group) is 1. The third-order valence-electron chi connectivity index (χ3n) is 4.60. The van der Waals surface area contributed by atoms with Gasteiger partial charge in [0.05, 0.1) is 11.6 Å². The minimum atomic E-state index is -0.0617. The molecule has 0 saturated carbocycles. The van der Waals surface area contributed by atoms with Crippen LogP contribution in [0.4, 0.5) is 0 Å². The maximum atomic E-state index is 6.00. The van der Waals surface area contributed by atoms with Gasteiger partial charge in [0, 0.05) is 32.8 Å². The molecule has 0 aliphatic carbocycles. The van der Waals surface area contributed by atoms with Crippen LogP contribution in [0.1, 0.15) is 20.8 Å². The van der Waals surface area contributed by atoms with Gasteiger partial charge in [-0.2, -0.15) is 0 Å². The van der Waals surface area contributed by atoms with Crippen LogP contribution < -0.4 is 5.73 Å². The monoisotopic (exact) mass is 243 g/mol. The maximum Gasteiger partial charge on any atom is 0.0736 e. The summed E-state index contributed by atoms with van der Waals surface area (Å²) in [5, 5.41) is 0. The van der Waals surface area contributed by atoms with Crippen LogP contribution in [0.2, 0.25) is 0 Å². The molecule has 0 aromatic rings. The summed E-state index contributed by atoms with van der Waals surface area (Å²) < 4.78 is 5.51. The summed E-state index contributed by atoms with van der Waals surface area (Å²) in [6.07, 6.45) is 0.153. The standard InChI is InChI=1S/C13H29N3O/c1-10-7-16(8-12(10)15(4)5)13(3,9-14)11(2)17-6/h10-12H,7-9,14H2,1-6H3. The molecule has 2 N–H and O–H groups in total. The second kappa shape index (κ2) is 5.65. The Hall–Kier alpha value is -0.160. The largest absolute Gasteiger partial charge is 0.380 e. The van der Waals surface area contributed by atoms with Gasteiger partial charge in [0.25, 0.3) is 0 Å². The van der Waals surface area contributed by atoms with Crippen molar-refractivity contribution < 1.29 is 4.74 Å². The average molecular weight is 243 g/mol. The van der Waals surface area contributed by atoms with E-state index >= 15 is 0 Å². The summed E-state index contributed by atoms with van der Waals surface area (Å²) in [7, 11) is 6.08. The molecule has 0 aromatic heterocycles. The smallest absolute Gasteiger partial charge is 0.0736 e. The molecule has 1 rings (SSSR count). The van der Waals surface area contributed by atoms with Crippen molar-refractivity contribution in [3.63, 3.8) is 0 Å². The lowest BCUT2D eigenvalue weighted by atomic mass is 9.93. The Morgan fingerprint density at radius 2 is 2.06 bits per heavy atom. The molecule has 1 saturated heterocycles. The highest BCUT2D eigenvalue weighted by molar-refractivity contribution is 4.99. The highest BCUT2D eigenvalue weighted by Gasteiger charge is 2.43. The lowest BCUT2D eigenvalue weighted by Crippen LogP contribution is -2.58. The van der Waals surface area contributed by atoms with Gasteiger partial charge in [-0.1, -0.05) is 6.92 Å². The van der Waals surface area contributed by atoms with Crippen LogP contribution in [-0.4, -0.2) is 68.3 Å². The van der Waals surface area contributed by atoms with Crippen molar-refractivity contribution in [2.45, 2.75) is 38.5 Å². The lowest BCUT2D eigenvalue weighted by molar-refractivity contribution is -0.0235. The number of nitrogens with two attached hydrogens (primary N) is 1. The van der Waals surface area contributed by atoms with Crippen LogP contribution in [0.25, 0.3) is 0 Å². The van der Waals surface area contributed by atoms with Crippen LogP contribution in [0, 0.1) is 5.92 Å². The summed E-state index contributed by atoms with van der Waals surface area (Å²) in [5.74, 6) is 0.680. The fraction of sp³-hybridized carbons (Fsp3) is 1.00. The van der Waals surface area contributed by atoms with E-state index in [1.807, 2.05) is 0 Å². The van der Waals surface area contributed by atoms with Crippen LogP contribution in [0.3, 0.4) is 0 Å². The molecule has 102 valence electrons. The lowest BCUT2D eigenvalue weighted by Gasteiger charge is -2.42. The highest BCUT2D eigenvalue weighted by atomic mass is 16.5. The van der Waals surface area contributed by atoms with Gasteiger partial charge in [-0.3, -0.25) is 4.90 Å². The van der Waals surface area contributed by atoms with Crippen molar-refractivity contribution in [2.75, 3.05) is 40.8 Å². The maximum absolute atomic E-state index is 6.00. The van der Waals surface area contributed by atoms with Crippen molar-refractivity contribution >= 4 is 0 Å². The number of hydrogen-bond donors (Lipinski definition) is 1. The Bertz CT molecular complexity index is 247. The number of nitrogens with zero attached hydrogens (tertiary/aromatic N) is 2. The summed E-state index contributed by atoms with van der Waals surface area (Å²) in [5.41, 5.74) is 5.93. The summed E-state index contributed by atoms with van der Waals surface area (Å²) >= 11 is 0. The van der Waals surface area contributed by atoms with Crippen LogP contribution in [-0.2, 0) is 4.74 Å². The zero-order valence-corrected chi connectivity index (χ0v) is 12.2. The molecule has 1 aliphatic heterocycles. The fourth-order valence-electron chi connectivity index (χ4n) is 2.84. The molecule has 1 fully saturated rings. The Morgan fingerprint density at radius 3 is 2.41 bits per heavy atom. The topological polar surface area (TPSA) is 41.7 Å². The first-order valence-corrected chi connectivity index (χ1v) is 6.51. The first kappa shape index (κ1) is 14.9. The Balaban J connectivity index is 2.79. The molecule has 4 unspecified atom stereocenters. The zero-order valence-electron chi connectivity index (χ0n) is 12.2. The Morgan fingerprint density at radius 1 is 1.47 bits per heavy atom. The van der Waals surface area contributed by atoms with E-state index in [-0.39, 0.29) is 11.6 Å². The normalized spacial score (nSPS) is 31.8. The number of methoxy groups -OCH3 is 1. The molecule has 0 radical (unpaired) electrons. The van der Waals surface area contributed by atoms with E-state index in [2.05, 4.69) is 44.7 Å². The van der Waals surface area contributed by atoms with Gasteiger partial charge in [-0.15, -0.1) is 0 Å². The van der Waals surface area contributed by atoms with Gasteiger partial charge >= 0.3 is 0 Å². The van der Waals surface area contributed by atoms with E-state index in [1.54, 1.807) is 7.11 Å². The minimum absolute atomic E-state index is 0.0617. The second-order valence-corrected chi connectivity index (χ2v) is 5.85. The van der Waals surface area contributed by atoms with Gasteiger partial charge in [0.1, 0.15) is 0 Å². The second-order valence-electron chi connectivity index (χ2n) is 5.85. The average Bonchev–Trinajstić information content (AvgIpc) is 2.69. The molecular formula is C13H29N3O. The number of rotatable bonds is 5. The van der Waals surface area contributed by atoms with Crippen molar-refractivity contribution in [1.82, 2.24) is 9.80 Å². The van der Waals surface area contributed by atoms with Crippen molar-refractivity contribution in [2.24, 2.45) is 11.7 Å². The number of hydrogen-bond acceptors (Lipinski definition) is 4. The predicted octanol–water partition coefficient (Wildman–Crippen LogP) is 0.621. The molecular weight excluding hydrogens is 214 g/mol. The molecule has 17 heavy (non-hydrogen) atoms. The van der Waals surface area contributed by atoms with Crippen LogP contribution in [0.15, 0.2) is 0 Å².